The molecule has 13 heteroatoms. The molecule has 236 valence electrons. The summed E-state index contributed by atoms with van der Waals surface area (Å²) in [7, 11) is 6.17. The van der Waals surface area contributed by atoms with Crippen molar-refractivity contribution in [1.82, 2.24) is 24.8 Å². The molecule has 2 atom stereocenters. The summed E-state index contributed by atoms with van der Waals surface area (Å²) < 4.78 is 50.3. The highest BCUT2D eigenvalue weighted by Gasteiger charge is 2.49. The van der Waals surface area contributed by atoms with Gasteiger partial charge in [0.2, 0.25) is 0 Å². The summed E-state index contributed by atoms with van der Waals surface area (Å²) in [6, 6.07) is 4.92. The van der Waals surface area contributed by atoms with Crippen LogP contribution >= 0.6 is 11.3 Å². The van der Waals surface area contributed by atoms with E-state index in [-0.39, 0.29) is 49.9 Å². The summed E-state index contributed by atoms with van der Waals surface area (Å²) in [6.07, 6.45) is 6.30. The van der Waals surface area contributed by atoms with Gasteiger partial charge in [-0.25, -0.2) is 13.2 Å². The molecule has 45 heavy (non-hydrogen) atoms. The van der Waals surface area contributed by atoms with Crippen molar-refractivity contribution >= 4 is 43.1 Å². The number of likely N-dealkylation sites (N-methyl/N-ethyl adjacent to an activating group) is 2. The second kappa shape index (κ2) is 11.0. The zero-order valence-electron chi connectivity index (χ0n) is 25.5. The lowest BCUT2D eigenvalue weighted by Gasteiger charge is -2.49. The number of benzene rings is 1. The van der Waals surface area contributed by atoms with Gasteiger partial charge < -0.3 is 20.3 Å². The number of alkyl halides is 1. The van der Waals surface area contributed by atoms with E-state index in [2.05, 4.69) is 33.8 Å². The monoisotopic (exact) mass is 636 g/mol. The van der Waals surface area contributed by atoms with Crippen molar-refractivity contribution in [2.24, 2.45) is 0 Å². The summed E-state index contributed by atoms with van der Waals surface area (Å²) in [6.45, 7) is 2.25. The van der Waals surface area contributed by atoms with Crippen LogP contribution in [0.3, 0.4) is 0 Å². The van der Waals surface area contributed by atoms with Crippen molar-refractivity contribution in [3.05, 3.63) is 35.5 Å². The Bertz CT molecular complexity index is 1850. The molecule has 9 nitrogen and oxygen atoms in total. The first-order valence-electron chi connectivity index (χ1n) is 15.2. The number of rotatable bonds is 8. The van der Waals surface area contributed by atoms with E-state index >= 15 is 0 Å². The van der Waals surface area contributed by atoms with Gasteiger partial charge in [-0.1, -0.05) is 0 Å². The number of aromatic nitrogens is 3. The normalized spacial score (nSPS) is 22.6. The predicted molar refractivity (Wildman–Crippen MR) is 169 cm³/mol. The molecular formula is C32H35F3N8OS. The molecule has 2 saturated heterocycles. The number of fused-ring (bicyclic) bond motifs is 3. The number of nitrogen functional groups attached to an aromatic ring is 1. The minimum Gasteiger partial charge on any atom is -0.461 e. The second-order valence-electron chi connectivity index (χ2n) is 13.0. The molecule has 1 aliphatic carbocycles. The number of hydrogen-bond acceptors (Lipinski definition) is 10. The predicted octanol–water partition coefficient (Wildman–Crippen LogP) is 5.51. The molecule has 3 aromatic heterocycles. The summed E-state index contributed by atoms with van der Waals surface area (Å²) >= 11 is 0.832. The third-order valence-electron chi connectivity index (χ3n) is 10.2. The van der Waals surface area contributed by atoms with Gasteiger partial charge in [-0.2, -0.15) is 15.2 Å². The first-order valence-corrected chi connectivity index (χ1v) is 16.0. The number of hydrogen-bond donors (Lipinski definition) is 1. The number of nitriles is 1. The topological polar surface area (TPSA) is 107 Å². The molecule has 0 unspecified atom stereocenters. The number of halogens is 3. The van der Waals surface area contributed by atoms with Gasteiger partial charge in [0.1, 0.15) is 29.7 Å². The number of nitrogens with zero attached hydrogens (tertiary/aromatic N) is 7. The molecule has 2 N–H and O–H groups in total. The third-order valence-corrected chi connectivity index (χ3v) is 11.2. The fourth-order valence-electron chi connectivity index (χ4n) is 7.53. The molecule has 1 aromatic carbocycles. The van der Waals surface area contributed by atoms with Crippen LogP contribution in [-0.4, -0.2) is 89.4 Å². The Balaban J connectivity index is 1.33. The standard InChI is InChI=1S/C32H35F3N8OS/c1-41(2)31(6-4-7-31)16-42(3)29-21-14-38-23(19-10-22(34)26(35)27-25(19)20(13-36)28(37)45-27)11-24(21)39-30(40-29)44-17-32-8-5-9-43(32)15-18(33)12-32/h10-11,14,18H,4-9,12,15-17,37H2,1-3H3/t18-,32+/m1/s1. The van der Waals surface area contributed by atoms with E-state index in [9.17, 15) is 18.4 Å². The number of ether oxygens (including phenoxy) is 1. The Kier molecular flexibility index (Phi) is 7.30. The fraction of sp³-hybridized carbons (Fsp3) is 0.500. The highest BCUT2D eigenvalue weighted by molar-refractivity contribution is 7.23. The van der Waals surface area contributed by atoms with Gasteiger partial charge in [0.25, 0.3) is 0 Å². The first kappa shape index (κ1) is 30.0. The van der Waals surface area contributed by atoms with Crippen LogP contribution in [0.1, 0.15) is 44.1 Å². The molecule has 4 aromatic rings. The Labute approximate surface area is 263 Å². The maximum absolute atomic E-state index is 14.8. The number of anilines is 2. The summed E-state index contributed by atoms with van der Waals surface area (Å²) in [4.78, 5) is 20.8. The van der Waals surface area contributed by atoms with Gasteiger partial charge in [-0.05, 0) is 64.9 Å². The zero-order valence-corrected chi connectivity index (χ0v) is 26.4. The quantitative estimate of drug-likeness (QED) is 0.268. The smallest absolute Gasteiger partial charge is 0.319 e. The molecule has 1 saturated carbocycles. The lowest BCUT2D eigenvalue weighted by atomic mass is 9.75. The number of pyridine rings is 1. The van der Waals surface area contributed by atoms with Gasteiger partial charge in [0.05, 0.1) is 32.4 Å². The molecule has 3 fully saturated rings. The van der Waals surface area contributed by atoms with Crippen LogP contribution < -0.4 is 15.4 Å². The van der Waals surface area contributed by atoms with Gasteiger partial charge >= 0.3 is 6.01 Å². The van der Waals surface area contributed by atoms with Crippen LogP contribution in [-0.2, 0) is 0 Å². The Morgan fingerprint density at radius 2 is 1.98 bits per heavy atom. The molecule has 7 rings (SSSR count). The SMILES string of the molecule is CN(CC1(N(C)C)CCC1)c1nc(OC[C@@]23CCCN2C[C@H](F)C3)nc2cc(-c3cc(F)c(F)c4sc(N)c(C#N)c34)ncc12. The largest absolute Gasteiger partial charge is 0.461 e. The number of thiophene rings is 1. The molecular weight excluding hydrogens is 601 g/mol. The van der Waals surface area contributed by atoms with Gasteiger partial charge in [0.15, 0.2) is 11.6 Å². The van der Waals surface area contributed by atoms with Crippen molar-refractivity contribution in [2.75, 3.05) is 58.0 Å². The van der Waals surface area contributed by atoms with Crippen LogP contribution in [0.2, 0.25) is 0 Å². The maximum atomic E-state index is 14.8. The average Bonchev–Trinajstić information content (AvgIpc) is 3.63. The van der Waals surface area contributed by atoms with Gasteiger partial charge in [-0.3, -0.25) is 9.88 Å². The second-order valence-corrected chi connectivity index (χ2v) is 14.0. The van der Waals surface area contributed by atoms with Crippen molar-refractivity contribution in [3.8, 4) is 23.3 Å². The first-order chi connectivity index (χ1) is 21.5. The van der Waals surface area contributed by atoms with Gasteiger partial charge in [0, 0.05) is 49.2 Å². The molecule has 2 aliphatic heterocycles. The molecule has 0 bridgehead atoms. The third kappa shape index (κ3) is 4.85. The van der Waals surface area contributed by atoms with E-state index in [0.29, 0.717) is 35.4 Å². The van der Waals surface area contributed by atoms with Crippen LogP contribution in [0.15, 0.2) is 18.3 Å². The fourth-order valence-corrected chi connectivity index (χ4v) is 8.50. The highest BCUT2D eigenvalue weighted by atomic mass is 32.1. The van der Waals surface area contributed by atoms with E-state index in [4.69, 9.17) is 20.4 Å². The lowest BCUT2D eigenvalue weighted by molar-refractivity contribution is 0.0681. The summed E-state index contributed by atoms with van der Waals surface area (Å²) in [5, 5.41) is 10.8. The average molecular weight is 637 g/mol. The van der Waals surface area contributed by atoms with Crippen LogP contribution in [0.4, 0.5) is 24.0 Å². The van der Waals surface area contributed by atoms with Crippen molar-refractivity contribution in [2.45, 2.75) is 55.8 Å². The Morgan fingerprint density at radius 1 is 1.18 bits per heavy atom. The molecule has 0 amide bonds. The number of nitrogens with two attached hydrogens (primary N) is 1. The minimum absolute atomic E-state index is 0.00747. The Morgan fingerprint density at radius 3 is 2.69 bits per heavy atom. The van der Waals surface area contributed by atoms with E-state index in [1.807, 2.05) is 13.1 Å². The minimum atomic E-state index is -1.06. The van der Waals surface area contributed by atoms with Crippen molar-refractivity contribution < 1.29 is 17.9 Å². The zero-order chi connectivity index (χ0) is 31.7. The van der Waals surface area contributed by atoms with Crippen molar-refractivity contribution in [1.29, 1.82) is 5.26 Å². The molecule has 0 spiro atoms. The van der Waals surface area contributed by atoms with Crippen molar-refractivity contribution in [3.63, 3.8) is 0 Å². The molecule has 5 heterocycles. The van der Waals surface area contributed by atoms with E-state index in [1.54, 1.807) is 12.3 Å². The van der Waals surface area contributed by atoms with Gasteiger partial charge in [-0.15, -0.1) is 11.3 Å². The summed E-state index contributed by atoms with van der Waals surface area (Å²) in [5.41, 5.74) is 6.78. The van der Waals surface area contributed by atoms with Crippen LogP contribution in [0.5, 0.6) is 6.01 Å². The van der Waals surface area contributed by atoms with Crippen LogP contribution in [0.25, 0.3) is 32.2 Å². The van der Waals surface area contributed by atoms with E-state index in [0.717, 1.165) is 62.6 Å². The van der Waals surface area contributed by atoms with Crippen LogP contribution in [0, 0.1) is 23.0 Å². The molecule has 3 aliphatic rings. The molecule has 0 radical (unpaired) electrons. The van der Waals surface area contributed by atoms with E-state index < -0.39 is 17.8 Å². The highest BCUT2D eigenvalue weighted by Crippen LogP contribution is 2.44. The maximum Gasteiger partial charge on any atom is 0.319 e. The van der Waals surface area contributed by atoms with E-state index in [1.165, 1.54) is 0 Å². The Hall–Kier alpha value is -3.73. The summed E-state index contributed by atoms with van der Waals surface area (Å²) in [5.74, 6) is -1.48. The lowest BCUT2D eigenvalue weighted by Crippen LogP contribution is -2.56.